The first-order chi connectivity index (χ1) is 8.99. The Bertz CT molecular complexity index is 514. The molecule has 0 spiro atoms. The Morgan fingerprint density at radius 3 is 2.89 bits per heavy atom. The van der Waals surface area contributed by atoms with Crippen LogP contribution in [0, 0.1) is 0 Å². The van der Waals surface area contributed by atoms with Crippen molar-refractivity contribution in [3.05, 3.63) is 29.3 Å². The molecule has 0 radical (unpaired) electrons. The average Bonchev–Trinajstić information content (AvgIpc) is 2.84. The van der Waals surface area contributed by atoms with Gasteiger partial charge in [-0.2, -0.15) is 0 Å². The molecule has 102 valence electrons. The van der Waals surface area contributed by atoms with Gasteiger partial charge in [0.25, 0.3) is 5.91 Å². The highest BCUT2D eigenvalue weighted by Gasteiger charge is 2.22. The van der Waals surface area contributed by atoms with Gasteiger partial charge in [0.15, 0.2) is 0 Å². The molecular formula is C13H17N3O3. The highest BCUT2D eigenvalue weighted by atomic mass is 16.3. The molecule has 0 bridgehead atoms. The van der Waals surface area contributed by atoms with Crippen LogP contribution in [0.25, 0.3) is 0 Å². The van der Waals surface area contributed by atoms with Gasteiger partial charge in [0.05, 0.1) is 6.10 Å². The number of nitrogens with one attached hydrogen (secondary N) is 2. The maximum atomic E-state index is 11.9. The van der Waals surface area contributed by atoms with Crippen LogP contribution in [0.15, 0.2) is 18.2 Å². The van der Waals surface area contributed by atoms with Gasteiger partial charge in [0, 0.05) is 17.8 Å². The number of aliphatic hydroxyl groups excluding tert-OH is 1. The van der Waals surface area contributed by atoms with E-state index in [-0.39, 0.29) is 0 Å². The zero-order valence-corrected chi connectivity index (χ0v) is 10.6. The average molecular weight is 263 g/mol. The highest BCUT2D eigenvalue weighted by Crippen LogP contribution is 2.23. The maximum Gasteiger partial charge on any atom is 0.257 e. The summed E-state index contributed by atoms with van der Waals surface area (Å²) < 4.78 is 0. The third-order valence-corrected chi connectivity index (χ3v) is 3.14. The van der Waals surface area contributed by atoms with E-state index in [0.29, 0.717) is 5.56 Å². The van der Waals surface area contributed by atoms with Gasteiger partial charge in [0.2, 0.25) is 5.91 Å². The molecule has 2 atom stereocenters. The number of amides is 2. The Morgan fingerprint density at radius 2 is 2.21 bits per heavy atom. The lowest BCUT2D eigenvalue weighted by Crippen LogP contribution is -2.49. The lowest BCUT2D eigenvalue weighted by atomic mass is 10.1. The van der Waals surface area contributed by atoms with Crippen LogP contribution >= 0.6 is 0 Å². The number of nitrogens with two attached hydrogens (primary N) is 1. The summed E-state index contributed by atoms with van der Waals surface area (Å²) in [5, 5.41) is 14.5. The zero-order chi connectivity index (χ0) is 14.0. The van der Waals surface area contributed by atoms with Gasteiger partial charge in [-0.05, 0) is 31.0 Å². The molecule has 0 fully saturated rings. The van der Waals surface area contributed by atoms with Crippen LogP contribution < -0.4 is 16.4 Å². The van der Waals surface area contributed by atoms with Crippen LogP contribution in [-0.2, 0) is 11.2 Å². The fourth-order valence-electron chi connectivity index (χ4n) is 1.92. The molecule has 6 heteroatoms. The molecule has 0 saturated carbocycles. The molecule has 0 saturated heterocycles. The molecule has 0 unspecified atom stereocenters. The first-order valence-electron chi connectivity index (χ1n) is 6.14. The first-order valence-corrected chi connectivity index (χ1v) is 6.14. The molecule has 0 aliphatic carbocycles. The van der Waals surface area contributed by atoms with E-state index in [4.69, 9.17) is 5.73 Å². The van der Waals surface area contributed by atoms with Gasteiger partial charge in [-0.1, -0.05) is 6.07 Å². The minimum atomic E-state index is -1.11. The lowest BCUT2D eigenvalue weighted by Gasteiger charge is -2.14. The monoisotopic (exact) mass is 263 g/mol. The fraction of sp³-hybridized carbons (Fsp3) is 0.385. The van der Waals surface area contributed by atoms with Crippen molar-refractivity contribution in [1.82, 2.24) is 5.32 Å². The molecule has 0 aromatic heterocycles. The predicted molar refractivity (Wildman–Crippen MR) is 70.8 cm³/mol. The molecular weight excluding hydrogens is 246 g/mol. The van der Waals surface area contributed by atoms with Gasteiger partial charge in [-0.25, -0.2) is 0 Å². The fourth-order valence-corrected chi connectivity index (χ4v) is 1.92. The second-order valence-electron chi connectivity index (χ2n) is 4.63. The SMILES string of the molecule is C[C@@H](O)[C@H](N)C(=O)NC(=O)c1ccc2c(c1)NCC2. The minimum absolute atomic E-state index is 0.388. The quantitative estimate of drug-likeness (QED) is 0.595. The van der Waals surface area contributed by atoms with E-state index in [1.807, 2.05) is 6.07 Å². The number of benzene rings is 1. The van der Waals surface area contributed by atoms with Crippen molar-refractivity contribution in [1.29, 1.82) is 0 Å². The number of imide groups is 1. The smallest absolute Gasteiger partial charge is 0.257 e. The van der Waals surface area contributed by atoms with Crippen LogP contribution in [-0.4, -0.2) is 35.6 Å². The van der Waals surface area contributed by atoms with Gasteiger partial charge in [-0.3, -0.25) is 14.9 Å². The molecule has 1 aliphatic heterocycles. The summed E-state index contributed by atoms with van der Waals surface area (Å²) in [5.41, 5.74) is 7.91. The van der Waals surface area contributed by atoms with Crippen molar-refractivity contribution in [2.45, 2.75) is 25.5 Å². The van der Waals surface area contributed by atoms with Crippen LogP contribution in [0.1, 0.15) is 22.8 Å². The summed E-state index contributed by atoms with van der Waals surface area (Å²) in [6.45, 7) is 2.25. The maximum absolute atomic E-state index is 11.9. The van der Waals surface area contributed by atoms with Gasteiger partial charge < -0.3 is 16.2 Å². The van der Waals surface area contributed by atoms with Crippen molar-refractivity contribution in [2.75, 3.05) is 11.9 Å². The predicted octanol–water partition coefficient (Wildman–Crippen LogP) is -0.381. The number of fused-ring (bicyclic) bond motifs is 1. The molecule has 1 heterocycles. The Hall–Kier alpha value is -1.92. The summed E-state index contributed by atoms with van der Waals surface area (Å²) in [7, 11) is 0. The number of anilines is 1. The highest BCUT2D eigenvalue weighted by molar-refractivity contribution is 6.06. The van der Waals surface area contributed by atoms with Gasteiger partial charge in [-0.15, -0.1) is 0 Å². The molecule has 5 N–H and O–H groups in total. The number of rotatable bonds is 3. The largest absolute Gasteiger partial charge is 0.391 e. The molecule has 6 nitrogen and oxygen atoms in total. The van der Waals surface area contributed by atoms with E-state index in [1.54, 1.807) is 12.1 Å². The third-order valence-electron chi connectivity index (χ3n) is 3.14. The van der Waals surface area contributed by atoms with Crippen molar-refractivity contribution < 1.29 is 14.7 Å². The van der Waals surface area contributed by atoms with E-state index in [9.17, 15) is 14.7 Å². The Kier molecular flexibility index (Phi) is 3.82. The molecule has 1 aliphatic rings. The number of hydrogen-bond donors (Lipinski definition) is 4. The zero-order valence-electron chi connectivity index (χ0n) is 10.6. The lowest BCUT2D eigenvalue weighted by molar-refractivity contribution is -0.123. The Labute approximate surface area is 111 Å². The van der Waals surface area contributed by atoms with Crippen LogP contribution in [0.3, 0.4) is 0 Å². The third kappa shape index (κ3) is 2.91. The van der Waals surface area contributed by atoms with Crippen molar-refractivity contribution >= 4 is 17.5 Å². The number of carbonyl (C=O) groups excluding carboxylic acids is 2. The second-order valence-corrected chi connectivity index (χ2v) is 4.63. The summed E-state index contributed by atoms with van der Waals surface area (Å²) in [6.07, 6.45) is -0.0715. The van der Waals surface area contributed by atoms with Crippen LogP contribution in [0.4, 0.5) is 5.69 Å². The van der Waals surface area contributed by atoms with E-state index in [0.717, 1.165) is 24.2 Å². The molecule has 19 heavy (non-hydrogen) atoms. The summed E-state index contributed by atoms with van der Waals surface area (Å²) in [5.74, 6) is -1.20. The summed E-state index contributed by atoms with van der Waals surface area (Å²) in [6, 6.07) is 4.13. The minimum Gasteiger partial charge on any atom is -0.391 e. The summed E-state index contributed by atoms with van der Waals surface area (Å²) in [4.78, 5) is 23.5. The standard InChI is InChI=1S/C13H17N3O3/c1-7(17)11(14)13(19)16-12(18)9-3-2-8-4-5-15-10(8)6-9/h2-3,6-7,11,15,17H,4-5,14H2,1H3,(H,16,18,19)/t7-,11+/m1/s1. The van der Waals surface area contributed by atoms with E-state index in [2.05, 4.69) is 10.6 Å². The normalized spacial score (nSPS) is 16.2. The topological polar surface area (TPSA) is 104 Å². The molecule has 1 aromatic carbocycles. The van der Waals surface area contributed by atoms with Gasteiger partial charge in [0.1, 0.15) is 6.04 Å². The molecule has 2 amide bonds. The Morgan fingerprint density at radius 1 is 1.47 bits per heavy atom. The Balaban J connectivity index is 2.06. The van der Waals surface area contributed by atoms with Gasteiger partial charge >= 0.3 is 0 Å². The summed E-state index contributed by atoms with van der Waals surface area (Å²) >= 11 is 0. The van der Waals surface area contributed by atoms with E-state index in [1.165, 1.54) is 6.92 Å². The molecule has 1 aromatic rings. The van der Waals surface area contributed by atoms with Crippen LogP contribution in [0.5, 0.6) is 0 Å². The number of hydrogen-bond acceptors (Lipinski definition) is 5. The number of carbonyl (C=O) groups is 2. The van der Waals surface area contributed by atoms with Crippen molar-refractivity contribution in [3.8, 4) is 0 Å². The number of aliphatic hydroxyl groups is 1. The first kappa shape index (κ1) is 13.5. The van der Waals surface area contributed by atoms with Crippen molar-refractivity contribution in [2.24, 2.45) is 5.73 Å². The van der Waals surface area contributed by atoms with E-state index < -0.39 is 24.0 Å². The van der Waals surface area contributed by atoms with Crippen LogP contribution in [0.2, 0.25) is 0 Å². The van der Waals surface area contributed by atoms with E-state index >= 15 is 0 Å². The molecule has 2 rings (SSSR count). The van der Waals surface area contributed by atoms with Crippen molar-refractivity contribution in [3.63, 3.8) is 0 Å². The second kappa shape index (κ2) is 5.38.